The van der Waals surface area contributed by atoms with Gasteiger partial charge in [0.25, 0.3) is 5.91 Å². The first-order chi connectivity index (χ1) is 14.0. The Kier molecular flexibility index (Phi) is 5.20. The van der Waals surface area contributed by atoms with Crippen molar-refractivity contribution in [2.45, 2.75) is 26.8 Å². The molecule has 0 atom stereocenters. The van der Waals surface area contributed by atoms with Gasteiger partial charge < -0.3 is 4.90 Å². The van der Waals surface area contributed by atoms with Gasteiger partial charge in [-0.15, -0.1) is 11.3 Å². The number of amides is 1. The van der Waals surface area contributed by atoms with E-state index in [-0.39, 0.29) is 11.7 Å². The van der Waals surface area contributed by atoms with Gasteiger partial charge in [-0.3, -0.25) is 4.79 Å². The van der Waals surface area contributed by atoms with Crippen LogP contribution >= 0.6 is 11.3 Å². The molecular formula is C23H22FN3OS. The highest BCUT2D eigenvalue weighted by Crippen LogP contribution is 2.31. The van der Waals surface area contributed by atoms with Crippen LogP contribution in [0.2, 0.25) is 0 Å². The van der Waals surface area contributed by atoms with Crippen LogP contribution in [0.1, 0.15) is 33.4 Å². The fraction of sp³-hybridized carbons (Fsp3) is 0.217. The molecule has 4 nitrogen and oxygen atoms in total. The molecular weight excluding hydrogens is 385 g/mol. The molecule has 0 spiro atoms. The summed E-state index contributed by atoms with van der Waals surface area (Å²) in [6.45, 7) is 4.60. The highest BCUT2D eigenvalue weighted by Gasteiger charge is 2.20. The number of hydrogen-bond acceptors (Lipinski definition) is 3. The third-order valence-electron chi connectivity index (χ3n) is 5.02. The first-order valence-electron chi connectivity index (χ1n) is 9.54. The molecule has 0 saturated heterocycles. The zero-order valence-corrected chi connectivity index (χ0v) is 17.5. The van der Waals surface area contributed by atoms with Crippen LogP contribution in [0.3, 0.4) is 0 Å². The van der Waals surface area contributed by atoms with Gasteiger partial charge in [-0.2, -0.15) is 5.10 Å². The van der Waals surface area contributed by atoms with Crippen molar-refractivity contribution in [2.24, 2.45) is 0 Å². The Morgan fingerprint density at radius 3 is 2.41 bits per heavy atom. The molecule has 0 aliphatic rings. The lowest BCUT2D eigenvalue weighted by atomic mass is 10.1. The molecule has 0 saturated carbocycles. The van der Waals surface area contributed by atoms with Gasteiger partial charge in [-0.25, -0.2) is 9.07 Å². The lowest BCUT2D eigenvalue weighted by Crippen LogP contribution is -2.25. The van der Waals surface area contributed by atoms with E-state index in [4.69, 9.17) is 0 Å². The highest BCUT2D eigenvalue weighted by atomic mass is 32.1. The van der Waals surface area contributed by atoms with Gasteiger partial charge in [0.1, 0.15) is 10.6 Å². The third kappa shape index (κ3) is 3.80. The number of rotatable bonds is 5. The SMILES string of the molecule is CCc1ccc(CN(C)C(=O)c2cc3c(C)nn(-c4ccc(F)cc4)c3s2)cc1. The van der Waals surface area contributed by atoms with E-state index < -0.39 is 0 Å². The molecule has 0 unspecified atom stereocenters. The Labute approximate surface area is 173 Å². The Bertz CT molecular complexity index is 1160. The van der Waals surface area contributed by atoms with Crippen molar-refractivity contribution in [3.05, 3.63) is 82.1 Å². The number of halogens is 1. The van der Waals surface area contributed by atoms with Crippen molar-refractivity contribution in [3.8, 4) is 5.69 Å². The highest BCUT2D eigenvalue weighted by molar-refractivity contribution is 7.20. The average Bonchev–Trinajstić information content (AvgIpc) is 3.29. The molecule has 29 heavy (non-hydrogen) atoms. The zero-order valence-electron chi connectivity index (χ0n) is 16.6. The molecule has 0 aliphatic heterocycles. The number of aromatic nitrogens is 2. The van der Waals surface area contributed by atoms with Crippen molar-refractivity contribution in [3.63, 3.8) is 0 Å². The first-order valence-corrected chi connectivity index (χ1v) is 10.4. The molecule has 2 aromatic heterocycles. The van der Waals surface area contributed by atoms with Gasteiger partial charge in [0, 0.05) is 19.0 Å². The standard InChI is InChI=1S/C23H22FN3OS/c1-4-16-5-7-17(8-6-16)14-26(3)22(28)21-13-20-15(2)25-27(23(20)29-21)19-11-9-18(24)10-12-19/h5-13H,4,14H2,1-3H3. The summed E-state index contributed by atoms with van der Waals surface area (Å²) in [7, 11) is 1.82. The maximum absolute atomic E-state index is 13.3. The van der Waals surface area contributed by atoms with E-state index in [0.29, 0.717) is 11.4 Å². The van der Waals surface area contributed by atoms with Crippen molar-refractivity contribution in [1.29, 1.82) is 0 Å². The molecule has 0 aliphatic carbocycles. The summed E-state index contributed by atoms with van der Waals surface area (Å²) in [5.41, 5.74) is 4.01. The number of carbonyl (C=O) groups is 1. The molecule has 148 valence electrons. The topological polar surface area (TPSA) is 38.1 Å². The largest absolute Gasteiger partial charge is 0.337 e. The van der Waals surface area contributed by atoms with Gasteiger partial charge in [-0.1, -0.05) is 31.2 Å². The summed E-state index contributed by atoms with van der Waals surface area (Å²) >= 11 is 1.41. The minimum Gasteiger partial charge on any atom is -0.337 e. The van der Waals surface area contributed by atoms with Crippen LogP contribution in [0, 0.1) is 12.7 Å². The Balaban J connectivity index is 1.60. The van der Waals surface area contributed by atoms with E-state index >= 15 is 0 Å². The Morgan fingerprint density at radius 2 is 1.76 bits per heavy atom. The fourth-order valence-electron chi connectivity index (χ4n) is 3.32. The van der Waals surface area contributed by atoms with E-state index in [2.05, 4.69) is 36.3 Å². The van der Waals surface area contributed by atoms with Crippen LogP contribution in [0.25, 0.3) is 15.9 Å². The number of nitrogens with zero attached hydrogens (tertiary/aromatic N) is 3. The lowest BCUT2D eigenvalue weighted by molar-refractivity contribution is 0.0790. The third-order valence-corrected chi connectivity index (χ3v) is 6.12. The molecule has 0 bridgehead atoms. The molecule has 6 heteroatoms. The molecule has 1 amide bonds. The summed E-state index contributed by atoms with van der Waals surface area (Å²) in [5.74, 6) is -0.305. The molecule has 4 rings (SSSR count). The summed E-state index contributed by atoms with van der Waals surface area (Å²) in [6.07, 6.45) is 1.00. The predicted octanol–water partition coefficient (Wildman–Crippen LogP) is 5.37. The monoisotopic (exact) mass is 407 g/mol. The van der Waals surface area contributed by atoms with Crippen LogP contribution < -0.4 is 0 Å². The summed E-state index contributed by atoms with van der Waals surface area (Å²) < 4.78 is 15.0. The van der Waals surface area contributed by atoms with Crippen molar-refractivity contribution in [1.82, 2.24) is 14.7 Å². The van der Waals surface area contributed by atoms with Crippen molar-refractivity contribution in [2.75, 3.05) is 7.05 Å². The Hall–Kier alpha value is -2.99. The summed E-state index contributed by atoms with van der Waals surface area (Å²) in [5, 5.41) is 5.51. The first kappa shape index (κ1) is 19.3. The zero-order chi connectivity index (χ0) is 20.5. The van der Waals surface area contributed by atoms with Gasteiger partial charge in [0.05, 0.1) is 16.3 Å². The van der Waals surface area contributed by atoms with Gasteiger partial charge in [0.15, 0.2) is 0 Å². The average molecular weight is 408 g/mol. The normalized spacial score (nSPS) is 11.2. The van der Waals surface area contributed by atoms with Gasteiger partial charge >= 0.3 is 0 Å². The minimum absolute atomic E-state index is 0.0178. The molecule has 2 heterocycles. The van der Waals surface area contributed by atoms with Crippen molar-refractivity contribution >= 4 is 27.5 Å². The van der Waals surface area contributed by atoms with E-state index in [9.17, 15) is 9.18 Å². The molecule has 4 aromatic rings. The number of carbonyl (C=O) groups excluding carboxylic acids is 1. The Morgan fingerprint density at radius 1 is 1.10 bits per heavy atom. The second-order valence-electron chi connectivity index (χ2n) is 7.13. The molecule has 0 N–H and O–H groups in total. The van der Waals surface area contributed by atoms with Gasteiger partial charge in [0.2, 0.25) is 0 Å². The number of benzene rings is 2. The minimum atomic E-state index is -0.287. The second-order valence-corrected chi connectivity index (χ2v) is 8.17. The second kappa shape index (κ2) is 7.79. The van der Waals surface area contributed by atoms with Gasteiger partial charge in [-0.05, 0) is 54.8 Å². The van der Waals surface area contributed by atoms with E-state index in [0.717, 1.165) is 33.6 Å². The van der Waals surface area contributed by atoms with Crippen molar-refractivity contribution < 1.29 is 9.18 Å². The molecule has 0 fully saturated rings. The maximum atomic E-state index is 13.3. The number of thiophene rings is 1. The number of aryl methyl sites for hydroxylation is 2. The molecule has 2 aromatic carbocycles. The fourth-order valence-corrected chi connectivity index (χ4v) is 4.50. The van der Waals surface area contributed by atoms with E-state index in [1.54, 1.807) is 21.7 Å². The smallest absolute Gasteiger partial charge is 0.264 e. The number of hydrogen-bond donors (Lipinski definition) is 0. The summed E-state index contributed by atoms with van der Waals surface area (Å²) in [4.78, 5) is 16.3. The van der Waals surface area contributed by atoms with Crippen LogP contribution in [-0.4, -0.2) is 27.6 Å². The molecule has 0 radical (unpaired) electrons. The predicted molar refractivity (Wildman–Crippen MR) is 115 cm³/mol. The van der Waals surface area contributed by atoms with Crippen LogP contribution in [0.4, 0.5) is 4.39 Å². The van der Waals surface area contributed by atoms with Crippen LogP contribution in [0.15, 0.2) is 54.6 Å². The summed E-state index contributed by atoms with van der Waals surface area (Å²) in [6, 6.07) is 16.5. The maximum Gasteiger partial charge on any atom is 0.264 e. The quantitative estimate of drug-likeness (QED) is 0.446. The number of fused-ring (bicyclic) bond motifs is 1. The van der Waals surface area contributed by atoms with E-state index in [1.807, 2.05) is 20.0 Å². The van der Waals surface area contributed by atoms with Crippen LogP contribution in [-0.2, 0) is 13.0 Å². The van der Waals surface area contributed by atoms with Crippen LogP contribution in [0.5, 0.6) is 0 Å². The van der Waals surface area contributed by atoms with E-state index in [1.165, 1.54) is 29.0 Å². The lowest BCUT2D eigenvalue weighted by Gasteiger charge is -2.16.